The minimum Gasteiger partial charge on any atom is -0.347 e. The van der Waals surface area contributed by atoms with E-state index in [0.717, 1.165) is 16.8 Å². The van der Waals surface area contributed by atoms with Gasteiger partial charge in [0.25, 0.3) is 0 Å². The Labute approximate surface area is 111 Å². The summed E-state index contributed by atoms with van der Waals surface area (Å²) in [6.07, 6.45) is 0. The van der Waals surface area contributed by atoms with Crippen molar-refractivity contribution in [2.24, 2.45) is 0 Å². The molecule has 1 heterocycles. The van der Waals surface area contributed by atoms with Crippen molar-refractivity contribution in [3.05, 3.63) is 78.1 Å². The Hall–Kier alpha value is -2.79. The van der Waals surface area contributed by atoms with Crippen molar-refractivity contribution in [2.75, 3.05) is 0 Å². The van der Waals surface area contributed by atoms with Gasteiger partial charge in [-0.1, -0.05) is 59.6 Å². The molecule has 0 saturated carbocycles. The maximum atomic E-state index is 5.22. The second-order valence-corrected chi connectivity index (χ2v) is 4.06. The van der Waals surface area contributed by atoms with E-state index in [2.05, 4.69) is 17.0 Å². The standard InChI is InChI=1S/C17H11NO/c1-3-7-14(8-4-1)11-12-16-13-17(18-19-16)15-9-5-2-6-10-15/h1-10,13H. The van der Waals surface area contributed by atoms with Crippen LogP contribution in [-0.2, 0) is 0 Å². The fourth-order valence-electron chi connectivity index (χ4n) is 1.73. The third-order valence-electron chi connectivity index (χ3n) is 2.68. The fourth-order valence-corrected chi connectivity index (χ4v) is 1.73. The van der Waals surface area contributed by atoms with E-state index in [1.807, 2.05) is 66.7 Å². The van der Waals surface area contributed by atoms with Gasteiger partial charge in [-0.05, 0) is 18.1 Å². The lowest BCUT2D eigenvalue weighted by atomic mass is 10.1. The van der Waals surface area contributed by atoms with Crippen LogP contribution in [-0.4, -0.2) is 5.16 Å². The SMILES string of the molecule is C(#Cc1cc(-c2ccccc2)no1)c1ccccc1. The van der Waals surface area contributed by atoms with E-state index >= 15 is 0 Å². The molecule has 19 heavy (non-hydrogen) atoms. The van der Waals surface area contributed by atoms with E-state index in [1.165, 1.54) is 0 Å². The van der Waals surface area contributed by atoms with Crippen molar-refractivity contribution < 1.29 is 4.52 Å². The van der Waals surface area contributed by atoms with Crippen LogP contribution >= 0.6 is 0 Å². The maximum Gasteiger partial charge on any atom is 0.210 e. The minimum atomic E-state index is 0.572. The van der Waals surface area contributed by atoms with Gasteiger partial charge < -0.3 is 4.52 Å². The summed E-state index contributed by atoms with van der Waals surface area (Å²) in [5.41, 5.74) is 2.79. The second kappa shape index (κ2) is 5.24. The molecule has 0 N–H and O–H groups in total. The lowest BCUT2D eigenvalue weighted by Crippen LogP contribution is -1.73. The van der Waals surface area contributed by atoms with Gasteiger partial charge in [-0.15, -0.1) is 0 Å². The Morgan fingerprint density at radius 1 is 0.789 bits per heavy atom. The first-order chi connectivity index (χ1) is 9.42. The summed E-state index contributed by atoms with van der Waals surface area (Å²) in [7, 11) is 0. The molecule has 90 valence electrons. The number of nitrogens with zero attached hydrogens (tertiary/aromatic N) is 1. The summed E-state index contributed by atoms with van der Waals surface area (Å²) < 4.78 is 5.22. The summed E-state index contributed by atoms with van der Waals surface area (Å²) in [5.74, 6) is 6.59. The molecule has 0 aliphatic carbocycles. The first-order valence-electron chi connectivity index (χ1n) is 6.01. The zero-order valence-electron chi connectivity index (χ0n) is 10.2. The van der Waals surface area contributed by atoms with Crippen molar-refractivity contribution in [3.8, 4) is 23.1 Å². The van der Waals surface area contributed by atoms with E-state index < -0.39 is 0 Å². The van der Waals surface area contributed by atoms with Crippen LogP contribution in [0, 0.1) is 11.8 Å². The van der Waals surface area contributed by atoms with E-state index in [-0.39, 0.29) is 0 Å². The van der Waals surface area contributed by atoms with Crippen molar-refractivity contribution in [3.63, 3.8) is 0 Å². The van der Waals surface area contributed by atoms with Crippen molar-refractivity contribution in [1.82, 2.24) is 5.16 Å². The molecular weight excluding hydrogens is 234 g/mol. The normalized spacial score (nSPS) is 9.68. The highest BCUT2D eigenvalue weighted by Gasteiger charge is 2.03. The van der Waals surface area contributed by atoms with E-state index in [1.54, 1.807) is 0 Å². The van der Waals surface area contributed by atoms with Crippen LogP contribution in [0.3, 0.4) is 0 Å². The number of benzene rings is 2. The van der Waals surface area contributed by atoms with Gasteiger partial charge in [-0.25, -0.2) is 0 Å². The van der Waals surface area contributed by atoms with Crippen molar-refractivity contribution >= 4 is 0 Å². The molecule has 0 aliphatic rings. The molecule has 2 aromatic carbocycles. The lowest BCUT2D eigenvalue weighted by Gasteiger charge is -1.90. The molecule has 3 aromatic rings. The summed E-state index contributed by atoms with van der Waals surface area (Å²) >= 11 is 0. The average Bonchev–Trinajstić information content (AvgIpc) is 2.96. The topological polar surface area (TPSA) is 26.0 Å². The smallest absolute Gasteiger partial charge is 0.210 e. The first kappa shape index (κ1) is 11.3. The molecule has 0 unspecified atom stereocenters. The van der Waals surface area contributed by atoms with Gasteiger partial charge in [-0.2, -0.15) is 0 Å². The fraction of sp³-hybridized carbons (Fsp3) is 0. The van der Waals surface area contributed by atoms with Gasteiger partial charge in [-0.3, -0.25) is 0 Å². The number of hydrogen-bond donors (Lipinski definition) is 0. The molecule has 2 nitrogen and oxygen atoms in total. The zero-order valence-corrected chi connectivity index (χ0v) is 10.2. The Morgan fingerprint density at radius 3 is 2.21 bits per heavy atom. The molecule has 0 bridgehead atoms. The monoisotopic (exact) mass is 245 g/mol. The average molecular weight is 245 g/mol. The second-order valence-electron chi connectivity index (χ2n) is 4.06. The first-order valence-corrected chi connectivity index (χ1v) is 6.01. The van der Waals surface area contributed by atoms with Crippen LogP contribution < -0.4 is 0 Å². The van der Waals surface area contributed by atoms with Crippen LogP contribution in [0.1, 0.15) is 11.3 Å². The zero-order chi connectivity index (χ0) is 12.9. The number of rotatable bonds is 1. The van der Waals surface area contributed by atoms with Crippen LogP contribution in [0.4, 0.5) is 0 Å². The quantitative estimate of drug-likeness (QED) is 0.610. The van der Waals surface area contributed by atoms with E-state index in [9.17, 15) is 0 Å². The molecule has 0 aliphatic heterocycles. The molecule has 0 saturated heterocycles. The predicted octanol–water partition coefficient (Wildman–Crippen LogP) is 3.74. The molecular formula is C17H11NO. The van der Waals surface area contributed by atoms with Gasteiger partial charge in [0.1, 0.15) is 5.69 Å². The lowest BCUT2D eigenvalue weighted by molar-refractivity contribution is 0.413. The van der Waals surface area contributed by atoms with Gasteiger partial charge in [0.2, 0.25) is 5.76 Å². The third kappa shape index (κ3) is 2.72. The Morgan fingerprint density at radius 2 is 1.47 bits per heavy atom. The highest BCUT2D eigenvalue weighted by molar-refractivity contribution is 5.59. The van der Waals surface area contributed by atoms with Crippen molar-refractivity contribution in [2.45, 2.75) is 0 Å². The molecule has 0 radical (unpaired) electrons. The van der Waals surface area contributed by atoms with Crippen LogP contribution in [0.2, 0.25) is 0 Å². The summed E-state index contributed by atoms with van der Waals surface area (Å²) in [6.45, 7) is 0. The molecule has 1 aromatic heterocycles. The summed E-state index contributed by atoms with van der Waals surface area (Å²) in [6, 6.07) is 21.6. The van der Waals surface area contributed by atoms with Crippen molar-refractivity contribution in [1.29, 1.82) is 0 Å². The molecule has 2 heteroatoms. The van der Waals surface area contributed by atoms with Gasteiger partial charge in [0, 0.05) is 17.2 Å². The molecule has 3 rings (SSSR count). The molecule has 0 spiro atoms. The number of hydrogen-bond acceptors (Lipinski definition) is 2. The van der Waals surface area contributed by atoms with Gasteiger partial charge >= 0.3 is 0 Å². The van der Waals surface area contributed by atoms with Crippen LogP contribution in [0.25, 0.3) is 11.3 Å². The highest BCUT2D eigenvalue weighted by atomic mass is 16.5. The molecule has 0 fully saturated rings. The maximum absolute atomic E-state index is 5.22. The van der Waals surface area contributed by atoms with E-state index in [0.29, 0.717) is 5.76 Å². The van der Waals surface area contributed by atoms with Gasteiger partial charge in [0.05, 0.1) is 0 Å². The predicted molar refractivity (Wildman–Crippen MR) is 74.4 cm³/mol. The largest absolute Gasteiger partial charge is 0.347 e. The Balaban J connectivity index is 1.85. The summed E-state index contributed by atoms with van der Waals surface area (Å²) in [5, 5.41) is 4.02. The minimum absolute atomic E-state index is 0.572. The number of aromatic nitrogens is 1. The Bertz CT molecular complexity index is 718. The third-order valence-corrected chi connectivity index (χ3v) is 2.68. The van der Waals surface area contributed by atoms with Gasteiger partial charge in [0.15, 0.2) is 0 Å². The van der Waals surface area contributed by atoms with Crippen LogP contribution in [0.15, 0.2) is 71.3 Å². The highest BCUT2D eigenvalue weighted by Crippen LogP contribution is 2.17. The molecule has 0 amide bonds. The molecule has 0 atom stereocenters. The van der Waals surface area contributed by atoms with Crippen LogP contribution in [0.5, 0.6) is 0 Å². The summed E-state index contributed by atoms with van der Waals surface area (Å²) in [4.78, 5) is 0. The Kier molecular flexibility index (Phi) is 3.12. The van der Waals surface area contributed by atoms with E-state index in [4.69, 9.17) is 4.52 Å².